The predicted octanol–water partition coefficient (Wildman–Crippen LogP) is 20.1. The molecule has 0 aliphatic rings. The van der Waals surface area contributed by atoms with Crippen molar-refractivity contribution in [2.45, 2.75) is 291 Å². The van der Waals surface area contributed by atoms with E-state index < -0.39 is 0 Å². The first kappa shape index (κ1) is 96.1. The highest BCUT2D eigenvalue weighted by atomic mass is 16.6. The molecular weight excluding hydrogens is 1110 g/mol. The summed E-state index contributed by atoms with van der Waals surface area (Å²) in [6.45, 7) is 60.3. The molecule has 514 valence electrons. The van der Waals surface area contributed by atoms with Crippen molar-refractivity contribution in [3.63, 3.8) is 0 Å². The van der Waals surface area contributed by atoms with Gasteiger partial charge in [0.2, 0.25) is 0 Å². The van der Waals surface area contributed by atoms with Crippen molar-refractivity contribution in [1.29, 1.82) is 0 Å². The molecule has 0 heterocycles. The zero-order chi connectivity index (χ0) is 69.2. The number of carbonyl (C=O) groups is 7. The van der Waals surface area contributed by atoms with Crippen molar-refractivity contribution in [1.82, 2.24) is 0 Å². The van der Waals surface area contributed by atoms with E-state index in [0.717, 1.165) is 57.8 Å². The van der Waals surface area contributed by atoms with Gasteiger partial charge in [-0.3, -0.25) is 0 Å². The van der Waals surface area contributed by atoms with Crippen molar-refractivity contribution >= 4 is 41.8 Å². The second-order valence-electron chi connectivity index (χ2n) is 24.0. The molecule has 0 saturated carbocycles. The van der Waals surface area contributed by atoms with Crippen LogP contribution in [-0.4, -0.2) is 88.0 Å². The molecule has 88 heavy (non-hydrogen) atoms. The minimum atomic E-state index is -0.306. The Morgan fingerprint density at radius 1 is 0.273 bits per heavy atom. The van der Waals surface area contributed by atoms with Gasteiger partial charge < -0.3 is 33.2 Å². The monoisotopic (exact) mass is 1250 g/mol. The third-order valence-corrected chi connectivity index (χ3v) is 11.5. The van der Waals surface area contributed by atoms with Crippen LogP contribution in [0.1, 0.15) is 291 Å². The van der Waals surface area contributed by atoms with Crippen LogP contribution in [0.3, 0.4) is 0 Å². The van der Waals surface area contributed by atoms with Gasteiger partial charge in [-0.2, -0.15) is 0 Å². The number of esters is 7. The summed E-state index contributed by atoms with van der Waals surface area (Å²) in [5, 5.41) is 0. The lowest BCUT2D eigenvalue weighted by Gasteiger charge is -2.17. The maximum Gasteiger partial charge on any atom is 0.333 e. The van der Waals surface area contributed by atoms with E-state index >= 15 is 0 Å². The molecule has 0 spiro atoms. The molecule has 0 N–H and O–H groups in total. The van der Waals surface area contributed by atoms with Crippen molar-refractivity contribution in [2.75, 3.05) is 46.2 Å². The van der Waals surface area contributed by atoms with E-state index in [2.05, 4.69) is 73.7 Å². The summed E-state index contributed by atoms with van der Waals surface area (Å²) in [7, 11) is 0. The molecule has 14 nitrogen and oxygen atoms in total. The second kappa shape index (κ2) is 70.6. The molecule has 0 bridgehead atoms. The largest absolute Gasteiger partial charge is 0.462 e. The van der Waals surface area contributed by atoms with Gasteiger partial charge in [0.15, 0.2) is 0 Å². The van der Waals surface area contributed by atoms with Crippen LogP contribution in [0.2, 0.25) is 0 Å². The molecule has 14 heteroatoms. The zero-order valence-corrected chi connectivity index (χ0v) is 59.8. The minimum Gasteiger partial charge on any atom is -0.462 e. The van der Waals surface area contributed by atoms with E-state index in [4.69, 9.17) is 33.2 Å². The molecule has 0 unspecified atom stereocenters. The fourth-order valence-corrected chi connectivity index (χ4v) is 6.09. The summed E-state index contributed by atoms with van der Waals surface area (Å²) >= 11 is 0. The number of ether oxygens (including phenoxy) is 7. The molecule has 0 saturated heterocycles. The Balaban J connectivity index is -0.000000176. The molecule has 0 radical (unpaired) electrons. The maximum atomic E-state index is 11.1. The summed E-state index contributed by atoms with van der Waals surface area (Å²) in [5.41, 5.74) is 3.33. The van der Waals surface area contributed by atoms with Gasteiger partial charge in [-0.25, -0.2) is 33.6 Å². The average Bonchev–Trinajstić information content (AvgIpc) is 3.51. The lowest BCUT2D eigenvalue weighted by molar-refractivity contribution is -0.142. The molecule has 0 aromatic rings. The molecule has 0 fully saturated rings. The van der Waals surface area contributed by atoms with E-state index in [-0.39, 0.29) is 47.2 Å². The summed E-state index contributed by atoms with van der Waals surface area (Å²) in [4.78, 5) is 75.9. The Kier molecular flexibility index (Phi) is 77.1. The standard InChI is InChI=1S/C15H28O2.C14H26O2.C13H24O2.C9H16O2.2C8H14O2.C7H12O2/c1-4-5-6-7-8-9-10-11-12-13-17-15(16)14(2)3;1-4-5-6-7-8-9-10-11-12-16-14(15)13(2)3;1-4-5-6-7-8-9-10-11-15-13(14)12(2)3;1-7(2)8(10)11-6-9(3,4)5;1-6(2)5-10-8(9)7(3)4;1-4-5-6-10-8(9)7(2)3;1-4-5-9-7(8)6(2)3/h2,4-13H2,1,3H3;2,4-12H2,1,3H3;2,4-11H2,1,3H3;1,6H2,2-5H3;6H,3,5H2,1-2,4H3;2,4-6H2,1,3H3;2,4-5H2,1,3H3. The van der Waals surface area contributed by atoms with Gasteiger partial charge in [-0.1, -0.05) is 257 Å². The Labute approximate surface area is 540 Å². The number of rotatable bonds is 42. The predicted molar refractivity (Wildman–Crippen MR) is 368 cm³/mol. The van der Waals surface area contributed by atoms with Gasteiger partial charge in [0.1, 0.15) is 0 Å². The maximum absolute atomic E-state index is 11.1. The minimum absolute atomic E-state index is 0.0328. The molecule has 0 amide bonds. The van der Waals surface area contributed by atoms with E-state index in [1.807, 2.05) is 41.5 Å². The van der Waals surface area contributed by atoms with E-state index in [1.54, 1.807) is 48.5 Å². The highest BCUT2D eigenvalue weighted by Crippen LogP contribution is 2.14. The Morgan fingerprint density at radius 2 is 0.466 bits per heavy atom. The lowest BCUT2D eigenvalue weighted by atomic mass is 9.99. The molecular formula is C74H134O14. The highest BCUT2D eigenvalue weighted by molar-refractivity contribution is 5.89. The van der Waals surface area contributed by atoms with E-state index in [9.17, 15) is 33.6 Å². The average molecular weight is 1250 g/mol. The Morgan fingerprint density at radius 3 is 0.670 bits per heavy atom. The quantitative estimate of drug-likeness (QED) is 0.0243. The SMILES string of the molecule is C=C(C)C(=O)OCC(C)(C)C.C=C(C)C(=O)OCC(C)C.C=C(C)C(=O)OCCC.C=C(C)C(=O)OCCCC.C=C(C)C(=O)OCCCCCCCCC.C=C(C)C(=O)OCCCCCCCCCC.C=C(C)C(=O)OCCCCCCCCCCC. The van der Waals surface area contributed by atoms with Gasteiger partial charge in [0, 0.05) is 39.0 Å². The second-order valence-corrected chi connectivity index (χ2v) is 24.0. The van der Waals surface area contributed by atoms with Gasteiger partial charge in [0.25, 0.3) is 0 Å². The Hall–Kier alpha value is -5.53. The van der Waals surface area contributed by atoms with Crippen molar-refractivity contribution < 1.29 is 66.7 Å². The van der Waals surface area contributed by atoms with Crippen molar-refractivity contribution in [3.8, 4) is 0 Å². The molecule has 0 aromatic heterocycles. The fraction of sp³-hybridized carbons (Fsp3) is 0.716. The number of hydrogen-bond donors (Lipinski definition) is 0. The zero-order valence-electron chi connectivity index (χ0n) is 59.8. The summed E-state index contributed by atoms with van der Waals surface area (Å²) in [6.07, 6.45) is 33.1. The van der Waals surface area contributed by atoms with Crippen molar-refractivity contribution in [3.05, 3.63) is 85.1 Å². The third kappa shape index (κ3) is 89.2. The van der Waals surface area contributed by atoms with E-state index in [0.29, 0.717) is 91.2 Å². The highest BCUT2D eigenvalue weighted by Gasteiger charge is 2.14. The number of hydrogen-bond acceptors (Lipinski definition) is 14. The Bertz CT molecular complexity index is 1880. The molecule has 0 aliphatic carbocycles. The van der Waals surface area contributed by atoms with Crippen molar-refractivity contribution in [2.24, 2.45) is 11.3 Å². The smallest absolute Gasteiger partial charge is 0.333 e. The van der Waals surface area contributed by atoms with Crippen LogP contribution >= 0.6 is 0 Å². The first-order chi connectivity index (χ1) is 41.3. The van der Waals surface area contributed by atoms with Crippen LogP contribution in [0, 0.1) is 11.3 Å². The van der Waals surface area contributed by atoms with Crippen LogP contribution in [-0.2, 0) is 66.7 Å². The first-order valence-electron chi connectivity index (χ1n) is 33.1. The lowest BCUT2D eigenvalue weighted by Crippen LogP contribution is -2.18. The molecule has 0 aromatic carbocycles. The van der Waals surface area contributed by atoms with Crippen LogP contribution in [0.4, 0.5) is 0 Å². The van der Waals surface area contributed by atoms with Gasteiger partial charge >= 0.3 is 41.8 Å². The number of unbranched alkanes of at least 4 members (excludes halogenated alkanes) is 22. The number of carbonyl (C=O) groups excluding carboxylic acids is 7. The normalized spacial score (nSPS) is 9.89. The summed E-state index contributed by atoms with van der Waals surface area (Å²) in [6, 6.07) is 0. The van der Waals surface area contributed by atoms with Gasteiger partial charge in [0.05, 0.1) is 46.2 Å². The molecule has 0 aliphatic heterocycles. The van der Waals surface area contributed by atoms with Gasteiger partial charge in [-0.15, -0.1) is 0 Å². The van der Waals surface area contributed by atoms with E-state index in [1.165, 1.54) is 116 Å². The summed E-state index contributed by atoms with van der Waals surface area (Å²) in [5.74, 6) is -1.57. The van der Waals surface area contributed by atoms with Gasteiger partial charge in [-0.05, 0) is 91.9 Å². The van der Waals surface area contributed by atoms with Crippen LogP contribution < -0.4 is 0 Å². The van der Waals surface area contributed by atoms with Crippen LogP contribution in [0.25, 0.3) is 0 Å². The van der Waals surface area contributed by atoms with Crippen LogP contribution in [0.15, 0.2) is 85.1 Å². The summed E-state index contributed by atoms with van der Waals surface area (Å²) < 4.78 is 34.3. The van der Waals surface area contributed by atoms with Crippen LogP contribution in [0.5, 0.6) is 0 Å². The fourth-order valence-electron chi connectivity index (χ4n) is 6.09. The molecule has 0 rings (SSSR count). The first-order valence-corrected chi connectivity index (χ1v) is 33.1. The molecule has 0 atom stereocenters. The third-order valence-electron chi connectivity index (χ3n) is 11.5. The topological polar surface area (TPSA) is 184 Å².